The number of benzene rings is 2. The number of carbonyl (C=O) groups excluding carboxylic acids is 1. The number of hydrogen-bond acceptors (Lipinski definition) is 4. The molecule has 0 aliphatic heterocycles. The van der Waals surface area contributed by atoms with Gasteiger partial charge in [0, 0.05) is 44.2 Å². The van der Waals surface area contributed by atoms with Crippen LogP contribution in [0, 0.1) is 6.92 Å². The fourth-order valence-electron chi connectivity index (χ4n) is 3.21. The Morgan fingerprint density at radius 3 is 2.66 bits per heavy atom. The average Bonchev–Trinajstić information content (AvgIpc) is 3.28. The maximum absolute atomic E-state index is 11.8. The molecule has 168 valence electrons. The van der Waals surface area contributed by atoms with E-state index in [0.717, 1.165) is 35.7 Å². The van der Waals surface area contributed by atoms with Crippen LogP contribution in [0.25, 0.3) is 11.5 Å². The van der Waals surface area contributed by atoms with Crippen LogP contribution < -0.4 is 16.0 Å². The average molecular weight is 434 g/mol. The first-order valence-corrected chi connectivity index (χ1v) is 10.9. The van der Waals surface area contributed by atoms with E-state index in [9.17, 15) is 4.79 Å². The number of nitrogens with one attached hydrogen (secondary N) is 3. The fourth-order valence-corrected chi connectivity index (χ4v) is 3.21. The largest absolute Gasteiger partial charge is 0.444 e. The van der Waals surface area contributed by atoms with Crippen molar-refractivity contribution in [1.82, 2.24) is 20.9 Å². The van der Waals surface area contributed by atoms with Gasteiger partial charge in [-0.15, -0.1) is 0 Å². The number of rotatable bonds is 9. The molecule has 7 nitrogen and oxygen atoms in total. The van der Waals surface area contributed by atoms with Crippen molar-refractivity contribution in [2.24, 2.45) is 4.99 Å². The summed E-state index contributed by atoms with van der Waals surface area (Å²) in [7, 11) is 1.64. The molecule has 3 N–H and O–H groups in total. The number of aliphatic imine (C=N–C) groups is 1. The zero-order valence-corrected chi connectivity index (χ0v) is 18.9. The first-order chi connectivity index (χ1) is 15.6. The smallest absolute Gasteiger partial charge is 0.251 e. The number of aromatic nitrogens is 1. The van der Waals surface area contributed by atoms with Crippen molar-refractivity contribution >= 4 is 11.9 Å². The maximum Gasteiger partial charge on any atom is 0.251 e. The van der Waals surface area contributed by atoms with Crippen LogP contribution in [-0.2, 0) is 12.8 Å². The Kier molecular flexibility index (Phi) is 8.43. The van der Waals surface area contributed by atoms with Crippen molar-refractivity contribution in [3.63, 3.8) is 0 Å². The lowest BCUT2D eigenvalue weighted by molar-refractivity contribution is 0.0963. The predicted octanol–water partition coefficient (Wildman–Crippen LogP) is 3.35. The Balaban J connectivity index is 1.51. The number of oxazole rings is 1. The van der Waals surface area contributed by atoms with Crippen molar-refractivity contribution in [2.75, 3.05) is 26.7 Å². The van der Waals surface area contributed by atoms with Crippen LogP contribution in [0.15, 0.2) is 64.2 Å². The van der Waals surface area contributed by atoms with Crippen LogP contribution in [0.4, 0.5) is 0 Å². The number of guanidine groups is 1. The molecule has 0 bridgehead atoms. The number of hydrogen-bond donors (Lipinski definition) is 3. The molecule has 0 fully saturated rings. The molecular weight excluding hydrogens is 402 g/mol. The topological polar surface area (TPSA) is 91.6 Å². The van der Waals surface area contributed by atoms with E-state index in [1.54, 1.807) is 13.3 Å². The third kappa shape index (κ3) is 6.70. The summed E-state index contributed by atoms with van der Waals surface area (Å²) in [4.78, 5) is 21.0. The molecular formula is C25H31N5O2. The highest BCUT2D eigenvalue weighted by Gasteiger charge is 2.07. The predicted molar refractivity (Wildman–Crippen MR) is 128 cm³/mol. The minimum Gasteiger partial charge on any atom is -0.444 e. The molecule has 0 radical (unpaired) electrons. The molecule has 0 saturated carbocycles. The Bertz CT molecular complexity index is 1040. The Morgan fingerprint density at radius 1 is 1.09 bits per heavy atom. The second-order valence-electron chi connectivity index (χ2n) is 7.48. The lowest BCUT2D eigenvalue weighted by Gasteiger charge is -2.11. The van der Waals surface area contributed by atoms with Gasteiger partial charge in [0.2, 0.25) is 5.89 Å². The normalized spacial score (nSPS) is 11.3. The van der Waals surface area contributed by atoms with E-state index >= 15 is 0 Å². The Labute approximate surface area is 189 Å². The first-order valence-electron chi connectivity index (χ1n) is 10.9. The van der Waals surface area contributed by atoms with Crippen LogP contribution in [0.3, 0.4) is 0 Å². The summed E-state index contributed by atoms with van der Waals surface area (Å²) in [6.07, 6.45) is 3.18. The lowest BCUT2D eigenvalue weighted by Crippen LogP contribution is -2.38. The van der Waals surface area contributed by atoms with Gasteiger partial charge in [0.25, 0.3) is 5.91 Å². The minimum absolute atomic E-state index is 0.0758. The molecule has 1 heterocycles. The minimum atomic E-state index is -0.0758. The van der Waals surface area contributed by atoms with E-state index in [1.165, 1.54) is 5.56 Å². The number of aryl methyl sites for hydroxylation is 1. The molecule has 3 rings (SSSR count). The van der Waals surface area contributed by atoms with Crippen molar-refractivity contribution in [3.8, 4) is 11.5 Å². The SMILES string of the molecule is CCNC(=NCCc1coc(-c2ccc(C)cc2)n1)NCCc1cccc(C(=O)NC)c1. The monoisotopic (exact) mass is 433 g/mol. The summed E-state index contributed by atoms with van der Waals surface area (Å²) in [5.74, 6) is 1.32. The van der Waals surface area contributed by atoms with E-state index in [2.05, 4.69) is 32.9 Å². The van der Waals surface area contributed by atoms with Crippen molar-refractivity contribution < 1.29 is 9.21 Å². The van der Waals surface area contributed by atoms with Crippen LogP contribution in [0.2, 0.25) is 0 Å². The maximum atomic E-state index is 11.8. The lowest BCUT2D eigenvalue weighted by atomic mass is 10.1. The molecule has 0 aliphatic carbocycles. The summed E-state index contributed by atoms with van der Waals surface area (Å²) >= 11 is 0. The zero-order chi connectivity index (χ0) is 22.8. The van der Waals surface area contributed by atoms with Crippen LogP contribution in [0.5, 0.6) is 0 Å². The van der Waals surface area contributed by atoms with Gasteiger partial charge >= 0.3 is 0 Å². The molecule has 7 heteroatoms. The summed E-state index contributed by atoms with van der Waals surface area (Å²) in [6.45, 7) is 6.18. The van der Waals surface area contributed by atoms with E-state index in [4.69, 9.17) is 4.42 Å². The third-order valence-corrected chi connectivity index (χ3v) is 4.95. The molecule has 32 heavy (non-hydrogen) atoms. The Hall–Kier alpha value is -3.61. The molecule has 0 aliphatic rings. The molecule has 0 atom stereocenters. The first kappa shape index (κ1) is 23.1. The van der Waals surface area contributed by atoms with Crippen molar-refractivity contribution in [1.29, 1.82) is 0 Å². The quantitative estimate of drug-likeness (QED) is 0.356. The highest BCUT2D eigenvalue weighted by molar-refractivity contribution is 5.94. The molecule has 3 aromatic rings. The van der Waals surface area contributed by atoms with Crippen molar-refractivity contribution in [3.05, 3.63) is 77.2 Å². The van der Waals surface area contributed by atoms with Gasteiger partial charge in [-0.05, 0) is 50.1 Å². The second kappa shape index (κ2) is 11.7. The number of carbonyl (C=O) groups is 1. The molecule has 1 aromatic heterocycles. The molecule has 0 saturated heterocycles. The molecule has 0 spiro atoms. The molecule has 0 unspecified atom stereocenters. The highest BCUT2D eigenvalue weighted by atomic mass is 16.3. The molecule has 1 amide bonds. The van der Waals surface area contributed by atoms with E-state index in [-0.39, 0.29) is 5.91 Å². The van der Waals surface area contributed by atoms with Crippen LogP contribution in [-0.4, -0.2) is 43.5 Å². The highest BCUT2D eigenvalue weighted by Crippen LogP contribution is 2.19. The third-order valence-electron chi connectivity index (χ3n) is 4.95. The summed E-state index contributed by atoms with van der Waals surface area (Å²) in [5.41, 5.74) is 4.83. The van der Waals surface area contributed by atoms with E-state index in [1.807, 2.05) is 55.5 Å². The van der Waals surface area contributed by atoms with Gasteiger partial charge in [-0.2, -0.15) is 0 Å². The van der Waals surface area contributed by atoms with Gasteiger partial charge in [-0.1, -0.05) is 29.8 Å². The number of amides is 1. The second-order valence-corrected chi connectivity index (χ2v) is 7.48. The van der Waals surface area contributed by atoms with Gasteiger partial charge in [0.05, 0.1) is 5.69 Å². The van der Waals surface area contributed by atoms with Gasteiger partial charge in [0.1, 0.15) is 6.26 Å². The Morgan fingerprint density at radius 2 is 1.91 bits per heavy atom. The van der Waals surface area contributed by atoms with Gasteiger partial charge in [-0.3, -0.25) is 9.79 Å². The standard InChI is InChI=1S/C25H31N5O2/c1-4-27-25(28-14-12-19-6-5-7-21(16-19)23(31)26-3)29-15-13-22-17-32-24(30-22)20-10-8-18(2)9-11-20/h5-11,16-17H,4,12-15H2,1-3H3,(H,26,31)(H2,27,28,29). The van der Waals surface area contributed by atoms with Crippen molar-refractivity contribution in [2.45, 2.75) is 26.7 Å². The summed E-state index contributed by atoms with van der Waals surface area (Å²) < 4.78 is 5.62. The van der Waals surface area contributed by atoms with Gasteiger partial charge in [0.15, 0.2) is 5.96 Å². The molecule has 2 aromatic carbocycles. The van der Waals surface area contributed by atoms with Gasteiger partial charge in [-0.25, -0.2) is 4.98 Å². The van der Waals surface area contributed by atoms with Crippen LogP contribution in [0.1, 0.15) is 34.1 Å². The van der Waals surface area contributed by atoms with Crippen LogP contribution >= 0.6 is 0 Å². The van der Waals surface area contributed by atoms with Gasteiger partial charge < -0.3 is 20.4 Å². The zero-order valence-electron chi connectivity index (χ0n) is 18.9. The number of nitrogens with zero attached hydrogens (tertiary/aromatic N) is 2. The van der Waals surface area contributed by atoms with E-state index in [0.29, 0.717) is 31.0 Å². The fraction of sp³-hybridized carbons (Fsp3) is 0.320. The summed E-state index contributed by atoms with van der Waals surface area (Å²) in [5, 5.41) is 9.26. The summed E-state index contributed by atoms with van der Waals surface area (Å²) in [6, 6.07) is 15.8. The van der Waals surface area contributed by atoms with E-state index < -0.39 is 0 Å².